The van der Waals surface area contributed by atoms with E-state index in [1.165, 1.54) is 0 Å². The second-order valence-corrected chi connectivity index (χ2v) is 5.63. The maximum absolute atomic E-state index is 12.2. The molecule has 20 heavy (non-hydrogen) atoms. The number of nitrogens with two attached hydrogens (primary N) is 1. The van der Waals surface area contributed by atoms with E-state index in [9.17, 15) is 4.79 Å². The molecule has 0 aliphatic carbocycles. The first kappa shape index (κ1) is 14.8. The van der Waals surface area contributed by atoms with E-state index in [0.717, 1.165) is 36.3 Å². The number of nitrogens with zero attached hydrogens (tertiary/aromatic N) is 1. The van der Waals surface area contributed by atoms with Gasteiger partial charge in [-0.2, -0.15) is 0 Å². The minimum Gasteiger partial charge on any atom is -0.496 e. The van der Waals surface area contributed by atoms with Crippen LogP contribution in [0, 0.1) is 5.92 Å². The van der Waals surface area contributed by atoms with Crippen LogP contribution in [-0.2, 0) is 11.3 Å². The number of rotatable bonds is 4. The van der Waals surface area contributed by atoms with Crippen LogP contribution in [0.25, 0.3) is 0 Å². The highest BCUT2D eigenvalue weighted by Gasteiger charge is 2.25. The molecule has 0 saturated carbocycles. The maximum atomic E-state index is 12.2. The van der Waals surface area contributed by atoms with Gasteiger partial charge in [-0.15, -0.1) is 0 Å². The van der Waals surface area contributed by atoms with Crippen LogP contribution in [0.5, 0.6) is 5.75 Å². The van der Waals surface area contributed by atoms with Crippen LogP contribution in [0.1, 0.15) is 30.9 Å². The van der Waals surface area contributed by atoms with E-state index in [0.29, 0.717) is 11.5 Å². The minimum atomic E-state index is 0.105. The molecule has 1 heterocycles. The monoisotopic (exact) mass is 292 g/mol. The van der Waals surface area contributed by atoms with Crippen LogP contribution in [0.2, 0.25) is 0 Å². The molecular formula is C15H20N2O2S. The van der Waals surface area contributed by atoms with Crippen molar-refractivity contribution in [3.8, 4) is 5.75 Å². The third-order valence-electron chi connectivity index (χ3n) is 3.72. The van der Waals surface area contributed by atoms with Crippen LogP contribution in [0.3, 0.4) is 0 Å². The van der Waals surface area contributed by atoms with Gasteiger partial charge in [0.05, 0.1) is 7.11 Å². The van der Waals surface area contributed by atoms with Gasteiger partial charge in [-0.25, -0.2) is 0 Å². The van der Waals surface area contributed by atoms with Gasteiger partial charge in [0.15, 0.2) is 0 Å². The van der Waals surface area contributed by atoms with E-state index in [1.54, 1.807) is 7.11 Å². The highest BCUT2D eigenvalue weighted by Crippen LogP contribution is 2.25. The van der Waals surface area contributed by atoms with Gasteiger partial charge in [-0.3, -0.25) is 4.79 Å². The molecule has 108 valence electrons. The van der Waals surface area contributed by atoms with Gasteiger partial charge in [0.1, 0.15) is 10.7 Å². The first-order chi connectivity index (χ1) is 9.52. The molecule has 5 heteroatoms. The molecule has 0 spiro atoms. The summed E-state index contributed by atoms with van der Waals surface area (Å²) in [4.78, 5) is 14.4. The fourth-order valence-electron chi connectivity index (χ4n) is 2.55. The molecule has 0 bridgehead atoms. The summed E-state index contributed by atoms with van der Waals surface area (Å²) in [5.74, 6) is 1.07. The number of carbonyl (C=O) groups excluding carboxylic acids is 1. The molecule has 1 saturated heterocycles. The Labute approximate surface area is 124 Å². The molecule has 1 unspecified atom stereocenters. The molecule has 1 fully saturated rings. The number of amides is 1. The van der Waals surface area contributed by atoms with Crippen molar-refractivity contribution in [2.75, 3.05) is 13.7 Å². The molecule has 1 atom stereocenters. The largest absolute Gasteiger partial charge is 0.496 e. The lowest BCUT2D eigenvalue weighted by Crippen LogP contribution is -2.39. The van der Waals surface area contributed by atoms with Crippen LogP contribution < -0.4 is 10.5 Å². The van der Waals surface area contributed by atoms with Gasteiger partial charge in [-0.1, -0.05) is 19.1 Å². The van der Waals surface area contributed by atoms with Crippen LogP contribution in [-0.4, -0.2) is 29.5 Å². The third-order valence-corrected chi connectivity index (χ3v) is 3.96. The minimum absolute atomic E-state index is 0.105. The Balaban J connectivity index is 2.24. The lowest BCUT2D eigenvalue weighted by Gasteiger charge is -2.31. The molecule has 0 aromatic heterocycles. The second kappa shape index (κ2) is 6.22. The average molecular weight is 292 g/mol. The fourth-order valence-corrected chi connectivity index (χ4v) is 2.68. The van der Waals surface area contributed by atoms with Gasteiger partial charge in [0.25, 0.3) is 0 Å². The predicted molar refractivity (Wildman–Crippen MR) is 82.7 cm³/mol. The van der Waals surface area contributed by atoms with Gasteiger partial charge < -0.3 is 15.4 Å². The van der Waals surface area contributed by atoms with Crippen molar-refractivity contribution in [2.45, 2.75) is 26.3 Å². The quantitative estimate of drug-likeness (QED) is 0.863. The molecule has 4 nitrogen and oxygen atoms in total. The second-order valence-electron chi connectivity index (χ2n) is 5.19. The maximum Gasteiger partial charge on any atom is 0.225 e. The van der Waals surface area contributed by atoms with Crippen LogP contribution >= 0.6 is 12.2 Å². The first-order valence-corrected chi connectivity index (χ1v) is 7.19. The van der Waals surface area contributed by atoms with Crippen LogP contribution in [0.4, 0.5) is 0 Å². The summed E-state index contributed by atoms with van der Waals surface area (Å²) in [7, 11) is 1.62. The zero-order valence-electron chi connectivity index (χ0n) is 11.9. The highest BCUT2D eigenvalue weighted by atomic mass is 32.1. The Morgan fingerprint density at radius 3 is 2.95 bits per heavy atom. The number of methoxy groups -OCH3 is 1. The van der Waals surface area contributed by atoms with Gasteiger partial charge >= 0.3 is 0 Å². The summed E-state index contributed by atoms with van der Waals surface area (Å²) in [6.45, 7) is 3.32. The average Bonchev–Trinajstić information content (AvgIpc) is 2.43. The Kier molecular flexibility index (Phi) is 4.60. The summed E-state index contributed by atoms with van der Waals surface area (Å²) in [6.07, 6.45) is 2.02. The molecule has 1 aromatic carbocycles. The van der Waals surface area contributed by atoms with Gasteiger partial charge in [0.2, 0.25) is 5.91 Å². The number of hydrogen-bond donors (Lipinski definition) is 1. The SMILES string of the molecule is COc1ccc(C(N)=S)cc1CN1CCCC(C)C1=O. The number of hydrogen-bond acceptors (Lipinski definition) is 3. The van der Waals surface area contributed by atoms with E-state index in [-0.39, 0.29) is 11.8 Å². The number of ether oxygens (including phenoxy) is 1. The van der Waals surface area contributed by atoms with Crippen molar-refractivity contribution < 1.29 is 9.53 Å². The first-order valence-electron chi connectivity index (χ1n) is 6.78. The van der Waals surface area contributed by atoms with E-state index in [1.807, 2.05) is 30.0 Å². The number of benzene rings is 1. The van der Waals surface area contributed by atoms with E-state index < -0.39 is 0 Å². The number of thiocarbonyl (C=S) groups is 1. The third kappa shape index (κ3) is 3.10. The number of piperidine rings is 1. The lowest BCUT2D eigenvalue weighted by molar-refractivity contribution is -0.138. The Bertz CT molecular complexity index is 531. The summed E-state index contributed by atoms with van der Waals surface area (Å²) >= 11 is 5.00. The van der Waals surface area contributed by atoms with Crippen molar-refractivity contribution in [1.29, 1.82) is 0 Å². The van der Waals surface area contributed by atoms with E-state index in [4.69, 9.17) is 22.7 Å². The zero-order chi connectivity index (χ0) is 14.7. The van der Waals surface area contributed by atoms with Crippen LogP contribution in [0.15, 0.2) is 18.2 Å². The molecule has 1 amide bonds. The molecule has 2 rings (SSSR count). The molecule has 1 aromatic rings. The molecule has 0 radical (unpaired) electrons. The number of likely N-dealkylation sites (tertiary alicyclic amines) is 1. The predicted octanol–water partition coefficient (Wildman–Crippen LogP) is 2.09. The summed E-state index contributed by atoms with van der Waals surface area (Å²) in [6, 6.07) is 5.60. The van der Waals surface area contributed by atoms with Crippen molar-refractivity contribution in [3.05, 3.63) is 29.3 Å². The topological polar surface area (TPSA) is 55.6 Å². The highest BCUT2D eigenvalue weighted by molar-refractivity contribution is 7.80. The van der Waals surface area contributed by atoms with E-state index in [2.05, 4.69) is 0 Å². The summed E-state index contributed by atoms with van der Waals surface area (Å²) < 4.78 is 5.36. The molecule has 2 N–H and O–H groups in total. The summed E-state index contributed by atoms with van der Waals surface area (Å²) in [5.41, 5.74) is 7.41. The Morgan fingerprint density at radius 1 is 1.55 bits per heavy atom. The number of carbonyl (C=O) groups is 1. The van der Waals surface area contributed by atoms with Crippen molar-refractivity contribution >= 4 is 23.1 Å². The van der Waals surface area contributed by atoms with Gasteiger partial charge in [0, 0.05) is 30.1 Å². The standard InChI is InChI=1S/C15H20N2O2S/c1-10-4-3-7-17(15(10)18)9-12-8-11(14(16)20)5-6-13(12)19-2/h5-6,8,10H,3-4,7,9H2,1-2H3,(H2,16,20). The fraction of sp³-hybridized carbons (Fsp3) is 0.467. The van der Waals surface area contributed by atoms with Crippen molar-refractivity contribution in [1.82, 2.24) is 4.90 Å². The molecule has 1 aliphatic heterocycles. The van der Waals surface area contributed by atoms with Crippen molar-refractivity contribution in [2.24, 2.45) is 11.7 Å². The normalized spacial score (nSPS) is 19.0. The smallest absolute Gasteiger partial charge is 0.225 e. The van der Waals surface area contributed by atoms with E-state index >= 15 is 0 Å². The van der Waals surface area contributed by atoms with Gasteiger partial charge in [-0.05, 0) is 31.0 Å². The Morgan fingerprint density at radius 2 is 2.30 bits per heavy atom. The van der Waals surface area contributed by atoms with Crippen molar-refractivity contribution in [3.63, 3.8) is 0 Å². The zero-order valence-corrected chi connectivity index (χ0v) is 12.7. The molecule has 1 aliphatic rings. The lowest BCUT2D eigenvalue weighted by atomic mass is 9.98. The summed E-state index contributed by atoms with van der Waals surface area (Å²) in [5, 5.41) is 0. The molecular weight excluding hydrogens is 272 g/mol. The Hall–Kier alpha value is -1.62.